The van der Waals surface area contributed by atoms with Crippen LogP contribution in [0.15, 0.2) is 42.0 Å². The molecular weight excluding hydrogens is 210 g/mol. The Hall–Kier alpha value is -1.12. The molecule has 2 rings (SSSR count). The van der Waals surface area contributed by atoms with Gasteiger partial charge in [-0.05, 0) is 12.5 Å². The van der Waals surface area contributed by atoms with Crippen molar-refractivity contribution in [1.82, 2.24) is 4.90 Å². The Bertz CT molecular complexity index is 345. The van der Waals surface area contributed by atoms with Crippen molar-refractivity contribution in [2.24, 2.45) is 0 Å². The Balaban J connectivity index is 0.000000686. The number of rotatable bonds is 2. The minimum Gasteiger partial charge on any atom is -0.388 e. The Morgan fingerprint density at radius 3 is 2.47 bits per heavy atom. The summed E-state index contributed by atoms with van der Waals surface area (Å²) in [6, 6.07) is 10.4. The Kier molecular flexibility index (Phi) is 5.95. The van der Waals surface area contributed by atoms with Crippen LogP contribution < -0.4 is 0 Å². The van der Waals surface area contributed by atoms with E-state index < -0.39 is 0 Å². The van der Waals surface area contributed by atoms with Crippen LogP contribution in [0.2, 0.25) is 0 Å². The van der Waals surface area contributed by atoms with Gasteiger partial charge in [-0.2, -0.15) is 0 Å². The molecule has 1 atom stereocenters. The fourth-order valence-electron chi connectivity index (χ4n) is 2.08. The summed E-state index contributed by atoms with van der Waals surface area (Å²) in [5.41, 5.74) is 2.56. The van der Waals surface area contributed by atoms with Gasteiger partial charge >= 0.3 is 0 Å². The number of β-amino-alcohol motifs (C(OH)–C–C–N with tert-alkyl or cyclic N) is 1. The first-order chi connectivity index (χ1) is 8.24. The molecule has 0 saturated heterocycles. The van der Waals surface area contributed by atoms with Crippen molar-refractivity contribution < 1.29 is 5.11 Å². The minimum atomic E-state index is -0.303. The summed E-state index contributed by atoms with van der Waals surface area (Å²) in [5, 5.41) is 9.61. The first kappa shape index (κ1) is 13.9. The first-order valence-corrected chi connectivity index (χ1v) is 6.35. The molecule has 0 saturated carbocycles. The van der Waals surface area contributed by atoms with E-state index in [2.05, 4.69) is 36.1 Å². The fraction of sp³-hybridized carbons (Fsp3) is 0.467. The zero-order valence-electron chi connectivity index (χ0n) is 11.1. The van der Waals surface area contributed by atoms with Gasteiger partial charge in [-0.25, -0.2) is 0 Å². The molecule has 1 aromatic rings. The minimum absolute atomic E-state index is 0.303. The van der Waals surface area contributed by atoms with Crippen LogP contribution in [0.3, 0.4) is 0 Å². The van der Waals surface area contributed by atoms with Gasteiger partial charge in [-0.3, -0.25) is 4.90 Å². The average Bonchev–Trinajstić information content (AvgIpc) is 2.31. The number of aliphatic hydroxyl groups is 1. The largest absolute Gasteiger partial charge is 0.388 e. The maximum Gasteiger partial charge on any atom is 0.0851 e. The van der Waals surface area contributed by atoms with E-state index in [1.165, 1.54) is 11.1 Å². The summed E-state index contributed by atoms with van der Waals surface area (Å²) < 4.78 is 0. The van der Waals surface area contributed by atoms with E-state index in [1.807, 2.05) is 26.0 Å². The van der Waals surface area contributed by atoms with Gasteiger partial charge in [0.25, 0.3) is 0 Å². The summed E-state index contributed by atoms with van der Waals surface area (Å²) in [4.78, 5) is 2.27. The SMILES string of the molecule is CC.CC1=CC(O)CN(Cc2ccccc2)C1. The predicted octanol–water partition coefficient (Wildman–Crippen LogP) is 2.84. The van der Waals surface area contributed by atoms with E-state index in [-0.39, 0.29) is 6.10 Å². The summed E-state index contributed by atoms with van der Waals surface area (Å²) in [6.45, 7) is 8.70. The third kappa shape index (κ3) is 4.72. The van der Waals surface area contributed by atoms with Crippen LogP contribution in [-0.2, 0) is 6.54 Å². The molecule has 0 aliphatic carbocycles. The molecule has 0 aromatic heterocycles. The quantitative estimate of drug-likeness (QED) is 0.794. The van der Waals surface area contributed by atoms with Crippen LogP contribution in [0.5, 0.6) is 0 Å². The van der Waals surface area contributed by atoms with Gasteiger partial charge in [-0.1, -0.05) is 55.8 Å². The lowest BCUT2D eigenvalue weighted by molar-refractivity contribution is 0.136. The smallest absolute Gasteiger partial charge is 0.0851 e. The second-order valence-corrected chi connectivity index (χ2v) is 4.24. The maximum absolute atomic E-state index is 9.61. The van der Waals surface area contributed by atoms with Gasteiger partial charge in [0.2, 0.25) is 0 Å². The highest BCUT2D eigenvalue weighted by molar-refractivity contribution is 5.16. The van der Waals surface area contributed by atoms with Crippen molar-refractivity contribution in [2.45, 2.75) is 33.4 Å². The molecular formula is C15H23NO. The highest BCUT2D eigenvalue weighted by Crippen LogP contribution is 2.13. The molecule has 0 spiro atoms. The Morgan fingerprint density at radius 2 is 1.88 bits per heavy atom. The summed E-state index contributed by atoms with van der Waals surface area (Å²) >= 11 is 0. The van der Waals surface area contributed by atoms with Crippen molar-refractivity contribution in [1.29, 1.82) is 0 Å². The molecule has 0 fully saturated rings. The van der Waals surface area contributed by atoms with Crippen molar-refractivity contribution in [3.8, 4) is 0 Å². The highest BCUT2D eigenvalue weighted by atomic mass is 16.3. The number of benzene rings is 1. The molecule has 1 heterocycles. The Labute approximate surface area is 105 Å². The van der Waals surface area contributed by atoms with E-state index in [0.717, 1.165) is 19.6 Å². The van der Waals surface area contributed by atoms with Crippen LogP contribution in [0, 0.1) is 0 Å². The predicted molar refractivity (Wildman–Crippen MR) is 72.8 cm³/mol. The molecule has 0 bridgehead atoms. The van der Waals surface area contributed by atoms with Crippen molar-refractivity contribution in [2.75, 3.05) is 13.1 Å². The standard InChI is InChI=1S/C13H17NO.C2H6/c1-11-7-13(15)10-14(8-11)9-12-5-3-2-4-6-12;1-2/h2-7,13,15H,8-10H2,1H3;1-2H3. The molecule has 2 heteroatoms. The molecule has 1 unspecified atom stereocenters. The zero-order chi connectivity index (χ0) is 12.7. The second kappa shape index (κ2) is 7.25. The molecule has 2 nitrogen and oxygen atoms in total. The van der Waals surface area contributed by atoms with Gasteiger partial charge in [-0.15, -0.1) is 0 Å². The lowest BCUT2D eigenvalue weighted by Crippen LogP contribution is -2.36. The monoisotopic (exact) mass is 233 g/mol. The molecule has 0 amide bonds. The number of aliphatic hydroxyl groups excluding tert-OH is 1. The van der Waals surface area contributed by atoms with Crippen LogP contribution in [0.1, 0.15) is 26.3 Å². The van der Waals surface area contributed by atoms with Crippen LogP contribution >= 0.6 is 0 Å². The van der Waals surface area contributed by atoms with E-state index in [9.17, 15) is 5.11 Å². The summed E-state index contributed by atoms with van der Waals surface area (Å²) in [7, 11) is 0. The number of nitrogens with zero attached hydrogens (tertiary/aromatic N) is 1. The molecule has 0 radical (unpaired) electrons. The molecule has 1 N–H and O–H groups in total. The normalized spacial score (nSPS) is 20.2. The van der Waals surface area contributed by atoms with E-state index in [1.54, 1.807) is 0 Å². The zero-order valence-corrected chi connectivity index (χ0v) is 11.1. The molecule has 1 aliphatic heterocycles. The summed E-state index contributed by atoms with van der Waals surface area (Å²) in [5.74, 6) is 0. The van der Waals surface area contributed by atoms with Crippen molar-refractivity contribution in [3.63, 3.8) is 0 Å². The van der Waals surface area contributed by atoms with Crippen LogP contribution in [0.25, 0.3) is 0 Å². The van der Waals surface area contributed by atoms with Gasteiger partial charge in [0.15, 0.2) is 0 Å². The lowest BCUT2D eigenvalue weighted by Gasteiger charge is -2.28. The molecule has 17 heavy (non-hydrogen) atoms. The number of hydrogen-bond donors (Lipinski definition) is 1. The topological polar surface area (TPSA) is 23.5 Å². The Morgan fingerprint density at radius 1 is 1.24 bits per heavy atom. The number of hydrogen-bond acceptors (Lipinski definition) is 2. The average molecular weight is 233 g/mol. The molecule has 1 aliphatic rings. The van der Waals surface area contributed by atoms with Gasteiger partial charge in [0, 0.05) is 19.6 Å². The van der Waals surface area contributed by atoms with Crippen molar-refractivity contribution in [3.05, 3.63) is 47.5 Å². The first-order valence-electron chi connectivity index (χ1n) is 6.35. The van der Waals surface area contributed by atoms with Gasteiger partial charge in [0.1, 0.15) is 0 Å². The van der Waals surface area contributed by atoms with Crippen LogP contribution in [-0.4, -0.2) is 29.2 Å². The van der Waals surface area contributed by atoms with Gasteiger partial charge in [0.05, 0.1) is 6.10 Å². The van der Waals surface area contributed by atoms with Gasteiger partial charge < -0.3 is 5.11 Å². The van der Waals surface area contributed by atoms with E-state index in [0.29, 0.717) is 0 Å². The fourth-order valence-corrected chi connectivity index (χ4v) is 2.08. The maximum atomic E-state index is 9.61. The second-order valence-electron chi connectivity index (χ2n) is 4.24. The molecule has 94 valence electrons. The summed E-state index contributed by atoms with van der Waals surface area (Å²) in [6.07, 6.45) is 1.64. The third-order valence-corrected chi connectivity index (χ3v) is 2.64. The highest BCUT2D eigenvalue weighted by Gasteiger charge is 2.16. The van der Waals surface area contributed by atoms with Crippen molar-refractivity contribution >= 4 is 0 Å². The lowest BCUT2D eigenvalue weighted by atomic mass is 10.1. The van der Waals surface area contributed by atoms with Crippen LogP contribution in [0.4, 0.5) is 0 Å². The molecule has 1 aromatic carbocycles. The van der Waals surface area contributed by atoms with E-state index >= 15 is 0 Å². The van der Waals surface area contributed by atoms with E-state index in [4.69, 9.17) is 0 Å². The third-order valence-electron chi connectivity index (χ3n) is 2.64.